The molecule has 0 saturated carbocycles. The SMILES string of the molecule is O=C(/C=C/c1cccs1)Nc1cnn(CC2CCOCC2)c1. The van der Waals surface area contributed by atoms with E-state index in [1.165, 1.54) is 0 Å². The van der Waals surface area contributed by atoms with Crippen molar-refractivity contribution in [3.05, 3.63) is 40.9 Å². The van der Waals surface area contributed by atoms with Crippen LogP contribution in [-0.2, 0) is 16.1 Å². The lowest BCUT2D eigenvalue weighted by Crippen LogP contribution is -2.20. The topological polar surface area (TPSA) is 56.2 Å². The molecule has 0 aliphatic carbocycles. The molecule has 1 fully saturated rings. The largest absolute Gasteiger partial charge is 0.381 e. The van der Waals surface area contributed by atoms with Gasteiger partial charge in [0.05, 0.1) is 11.9 Å². The van der Waals surface area contributed by atoms with Crippen LogP contribution in [0.2, 0.25) is 0 Å². The maximum atomic E-state index is 11.9. The van der Waals surface area contributed by atoms with Crippen molar-refractivity contribution in [2.45, 2.75) is 19.4 Å². The first kappa shape index (κ1) is 15.0. The van der Waals surface area contributed by atoms with E-state index in [1.54, 1.807) is 23.6 Å². The zero-order valence-corrected chi connectivity index (χ0v) is 13.1. The van der Waals surface area contributed by atoms with E-state index in [-0.39, 0.29) is 5.91 Å². The minimum atomic E-state index is -0.140. The van der Waals surface area contributed by atoms with Gasteiger partial charge in [-0.25, -0.2) is 0 Å². The Bertz CT molecular complexity index is 628. The minimum Gasteiger partial charge on any atom is -0.381 e. The summed E-state index contributed by atoms with van der Waals surface area (Å²) in [5.74, 6) is 0.468. The Balaban J connectivity index is 1.51. The second-order valence-corrected chi connectivity index (χ2v) is 6.32. The summed E-state index contributed by atoms with van der Waals surface area (Å²) in [5, 5.41) is 9.13. The van der Waals surface area contributed by atoms with E-state index in [4.69, 9.17) is 4.74 Å². The first-order valence-electron chi connectivity index (χ1n) is 7.42. The molecule has 1 aliphatic rings. The summed E-state index contributed by atoms with van der Waals surface area (Å²) >= 11 is 1.60. The van der Waals surface area contributed by atoms with Gasteiger partial charge in [0.25, 0.3) is 0 Å². The number of anilines is 1. The second kappa shape index (κ2) is 7.38. The smallest absolute Gasteiger partial charge is 0.248 e. The maximum Gasteiger partial charge on any atom is 0.248 e. The molecule has 5 nitrogen and oxygen atoms in total. The van der Waals surface area contributed by atoms with Gasteiger partial charge in [0.1, 0.15) is 0 Å². The third-order valence-electron chi connectivity index (χ3n) is 3.63. The molecule has 0 unspecified atom stereocenters. The van der Waals surface area contributed by atoms with Crippen LogP contribution >= 0.6 is 11.3 Å². The normalized spacial score (nSPS) is 16.2. The summed E-state index contributed by atoms with van der Waals surface area (Å²) in [4.78, 5) is 12.9. The van der Waals surface area contributed by atoms with Gasteiger partial charge in [0.2, 0.25) is 5.91 Å². The van der Waals surface area contributed by atoms with E-state index >= 15 is 0 Å². The van der Waals surface area contributed by atoms with E-state index in [1.807, 2.05) is 34.5 Å². The van der Waals surface area contributed by atoms with Crippen molar-refractivity contribution in [3.8, 4) is 0 Å². The molecule has 6 heteroatoms. The van der Waals surface area contributed by atoms with E-state index < -0.39 is 0 Å². The van der Waals surface area contributed by atoms with Crippen LogP contribution in [0.25, 0.3) is 6.08 Å². The number of aromatic nitrogens is 2. The molecule has 116 valence electrons. The number of nitrogens with zero attached hydrogens (tertiary/aromatic N) is 2. The van der Waals surface area contributed by atoms with Gasteiger partial charge in [-0.15, -0.1) is 11.3 Å². The van der Waals surface area contributed by atoms with Crippen molar-refractivity contribution >= 4 is 29.0 Å². The van der Waals surface area contributed by atoms with Crippen molar-refractivity contribution in [1.82, 2.24) is 9.78 Å². The van der Waals surface area contributed by atoms with Gasteiger partial charge in [0, 0.05) is 36.9 Å². The van der Waals surface area contributed by atoms with Crippen molar-refractivity contribution in [1.29, 1.82) is 0 Å². The van der Waals surface area contributed by atoms with E-state index in [0.29, 0.717) is 5.92 Å². The maximum absolute atomic E-state index is 11.9. The minimum absolute atomic E-state index is 0.140. The summed E-state index contributed by atoms with van der Waals surface area (Å²) < 4.78 is 7.26. The van der Waals surface area contributed by atoms with Crippen molar-refractivity contribution < 1.29 is 9.53 Å². The molecule has 1 amide bonds. The fourth-order valence-electron chi connectivity index (χ4n) is 2.45. The monoisotopic (exact) mass is 317 g/mol. The van der Waals surface area contributed by atoms with Crippen LogP contribution in [0.5, 0.6) is 0 Å². The quantitative estimate of drug-likeness (QED) is 0.862. The molecule has 1 saturated heterocycles. The summed E-state index contributed by atoms with van der Waals surface area (Å²) in [5.41, 5.74) is 0.730. The molecule has 0 radical (unpaired) electrons. The van der Waals surface area contributed by atoms with Gasteiger partial charge in [0.15, 0.2) is 0 Å². The fraction of sp³-hybridized carbons (Fsp3) is 0.375. The van der Waals surface area contributed by atoms with Crippen LogP contribution in [-0.4, -0.2) is 28.9 Å². The summed E-state index contributed by atoms with van der Waals surface area (Å²) in [6, 6.07) is 3.93. The highest BCUT2D eigenvalue weighted by atomic mass is 32.1. The Morgan fingerprint density at radius 1 is 1.50 bits per heavy atom. The molecular weight excluding hydrogens is 298 g/mol. The summed E-state index contributed by atoms with van der Waals surface area (Å²) in [7, 11) is 0. The average Bonchev–Trinajstić information content (AvgIpc) is 3.18. The molecule has 2 aromatic heterocycles. The van der Waals surface area contributed by atoms with Gasteiger partial charge < -0.3 is 10.1 Å². The Labute approximate surface area is 133 Å². The van der Waals surface area contributed by atoms with E-state index in [9.17, 15) is 4.79 Å². The molecule has 3 rings (SSSR count). The van der Waals surface area contributed by atoms with Gasteiger partial charge in [-0.1, -0.05) is 6.07 Å². The van der Waals surface area contributed by atoms with Crippen molar-refractivity contribution in [2.75, 3.05) is 18.5 Å². The number of carbonyl (C=O) groups is 1. The second-order valence-electron chi connectivity index (χ2n) is 5.34. The lowest BCUT2D eigenvalue weighted by molar-refractivity contribution is -0.111. The number of nitrogens with one attached hydrogen (secondary N) is 1. The first-order chi connectivity index (χ1) is 10.8. The number of amides is 1. The Kier molecular flexibility index (Phi) is 5.03. The van der Waals surface area contributed by atoms with Gasteiger partial charge in [-0.05, 0) is 36.3 Å². The molecule has 2 aromatic rings. The van der Waals surface area contributed by atoms with Crippen LogP contribution in [0.1, 0.15) is 17.7 Å². The predicted molar refractivity (Wildman–Crippen MR) is 87.8 cm³/mol. The molecule has 0 spiro atoms. The van der Waals surface area contributed by atoms with Gasteiger partial charge >= 0.3 is 0 Å². The summed E-state index contributed by atoms with van der Waals surface area (Å²) in [6.07, 6.45) is 9.08. The first-order valence-corrected chi connectivity index (χ1v) is 8.30. The van der Waals surface area contributed by atoms with Gasteiger partial charge in [-0.2, -0.15) is 5.10 Å². The van der Waals surface area contributed by atoms with Crippen molar-refractivity contribution in [2.24, 2.45) is 5.92 Å². The lowest BCUT2D eigenvalue weighted by atomic mass is 10.0. The third kappa shape index (κ3) is 4.29. The zero-order valence-electron chi connectivity index (χ0n) is 12.3. The van der Waals surface area contributed by atoms with E-state index in [2.05, 4.69) is 10.4 Å². The highest BCUT2D eigenvalue weighted by Gasteiger charge is 2.14. The Morgan fingerprint density at radius 2 is 2.36 bits per heavy atom. The van der Waals surface area contributed by atoms with Crippen LogP contribution in [0, 0.1) is 5.92 Å². The predicted octanol–water partition coefficient (Wildman–Crippen LogP) is 3.02. The molecule has 1 N–H and O–H groups in total. The average molecular weight is 317 g/mol. The standard InChI is InChI=1S/C16H19N3O2S/c20-16(4-3-15-2-1-9-22-15)18-14-10-17-19(12-14)11-13-5-7-21-8-6-13/h1-4,9-10,12-13H,5-8,11H2,(H,18,20)/b4-3+. The zero-order chi connectivity index (χ0) is 15.2. The molecular formula is C16H19N3O2S. The van der Waals surface area contributed by atoms with Crippen LogP contribution in [0.4, 0.5) is 5.69 Å². The molecule has 0 bridgehead atoms. The third-order valence-corrected chi connectivity index (χ3v) is 4.47. The molecule has 0 aromatic carbocycles. The van der Waals surface area contributed by atoms with Crippen LogP contribution in [0.3, 0.4) is 0 Å². The number of ether oxygens (including phenoxy) is 1. The number of hydrogen-bond acceptors (Lipinski definition) is 4. The highest BCUT2D eigenvalue weighted by molar-refractivity contribution is 7.10. The number of thiophene rings is 1. The Morgan fingerprint density at radius 3 is 3.14 bits per heavy atom. The Hall–Kier alpha value is -1.92. The number of carbonyl (C=O) groups excluding carboxylic acids is 1. The fourth-order valence-corrected chi connectivity index (χ4v) is 3.07. The molecule has 0 atom stereocenters. The van der Waals surface area contributed by atoms with E-state index in [0.717, 1.165) is 43.2 Å². The van der Waals surface area contributed by atoms with Gasteiger partial charge in [-0.3, -0.25) is 9.48 Å². The highest BCUT2D eigenvalue weighted by Crippen LogP contribution is 2.17. The number of rotatable bonds is 5. The lowest BCUT2D eigenvalue weighted by Gasteiger charge is -2.21. The molecule has 3 heterocycles. The van der Waals surface area contributed by atoms with Crippen LogP contribution < -0.4 is 5.32 Å². The van der Waals surface area contributed by atoms with Crippen LogP contribution in [0.15, 0.2) is 36.0 Å². The van der Waals surface area contributed by atoms with Crippen molar-refractivity contribution in [3.63, 3.8) is 0 Å². The molecule has 22 heavy (non-hydrogen) atoms. The summed E-state index contributed by atoms with van der Waals surface area (Å²) in [6.45, 7) is 2.55. The molecule has 1 aliphatic heterocycles. The number of hydrogen-bond donors (Lipinski definition) is 1.